The second-order valence-corrected chi connectivity index (χ2v) is 6.74. The number of rotatable bonds is 7. The standard InChI is InChI=1S/C17H23N3O4/c1-17(9-21,10-22)18-16(23)15-13-7-12(24-8-11-3-4-11)5-6-14(13)19-20(15)2/h5-7,11,21-22H,3-4,8-10H2,1-2H3,(H,18,23). The van der Waals surface area contributed by atoms with Crippen molar-refractivity contribution in [2.75, 3.05) is 19.8 Å². The molecular weight excluding hydrogens is 310 g/mol. The number of carbonyl (C=O) groups excluding carboxylic acids is 1. The molecule has 0 atom stereocenters. The third-order valence-corrected chi connectivity index (χ3v) is 4.32. The molecule has 7 heteroatoms. The van der Waals surface area contributed by atoms with E-state index in [0.29, 0.717) is 34.9 Å². The first-order valence-electron chi connectivity index (χ1n) is 8.09. The molecular formula is C17H23N3O4. The first-order valence-corrected chi connectivity index (χ1v) is 8.09. The molecule has 1 aromatic carbocycles. The lowest BCUT2D eigenvalue weighted by Gasteiger charge is -2.26. The molecule has 130 valence electrons. The average Bonchev–Trinajstić information content (AvgIpc) is 3.33. The maximum atomic E-state index is 12.6. The highest BCUT2D eigenvalue weighted by molar-refractivity contribution is 6.05. The van der Waals surface area contributed by atoms with Crippen LogP contribution in [0.2, 0.25) is 0 Å². The number of amides is 1. The number of hydrogen-bond acceptors (Lipinski definition) is 5. The maximum absolute atomic E-state index is 12.6. The van der Waals surface area contributed by atoms with Gasteiger partial charge in [0.1, 0.15) is 11.4 Å². The van der Waals surface area contributed by atoms with Crippen LogP contribution in [0, 0.1) is 5.92 Å². The van der Waals surface area contributed by atoms with Gasteiger partial charge in [-0.15, -0.1) is 0 Å². The minimum absolute atomic E-state index is 0.360. The third-order valence-electron chi connectivity index (χ3n) is 4.32. The molecule has 0 spiro atoms. The van der Waals surface area contributed by atoms with Gasteiger partial charge in [-0.05, 0) is 43.9 Å². The van der Waals surface area contributed by atoms with Crippen LogP contribution in [0.1, 0.15) is 30.3 Å². The van der Waals surface area contributed by atoms with Gasteiger partial charge in [0, 0.05) is 12.4 Å². The van der Waals surface area contributed by atoms with Crippen LogP contribution >= 0.6 is 0 Å². The number of benzene rings is 1. The Morgan fingerprint density at radius 2 is 2.12 bits per heavy atom. The Morgan fingerprint density at radius 1 is 1.42 bits per heavy atom. The highest BCUT2D eigenvalue weighted by Gasteiger charge is 2.28. The van der Waals surface area contributed by atoms with Crippen molar-refractivity contribution in [1.29, 1.82) is 0 Å². The molecule has 1 amide bonds. The summed E-state index contributed by atoms with van der Waals surface area (Å²) in [6.07, 6.45) is 2.42. The van der Waals surface area contributed by atoms with E-state index in [9.17, 15) is 15.0 Å². The molecule has 1 heterocycles. The Kier molecular flexibility index (Phi) is 4.47. The van der Waals surface area contributed by atoms with Gasteiger partial charge in [0.05, 0.1) is 30.9 Å². The molecule has 1 aliphatic rings. The third kappa shape index (κ3) is 3.37. The monoisotopic (exact) mass is 333 g/mol. The summed E-state index contributed by atoms with van der Waals surface area (Å²) >= 11 is 0. The number of nitrogens with zero attached hydrogens (tertiary/aromatic N) is 2. The van der Waals surface area contributed by atoms with Crippen molar-refractivity contribution >= 4 is 16.8 Å². The molecule has 0 saturated heterocycles. The molecule has 3 N–H and O–H groups in total. The predicted molar refractivity (Wildman–Crippen MR) is 89.0 cm³/mol. The first-order chi connectivity index (χ1) is 11.5. The summed E-state index contributed by atoms with van der Waals surface area (Å²) in [4.78, 5) is 12.6. The molecule has 2 aromatic rings. The van der Waals surface area contributed by atoms with E-state index in [1.165, 1.54) is 17.5 Å². The predicted octanol–water partition coefficient (Wildman–Crippen LogP) is 0.835. The fourth-order valence-electron chi connectivity index (χ4n) is 2.50. The Hall–Kier alpha value is -2.12. The molecule has 1 saturated carbocycles. The molecule has 3 rings (SSSR count). The van der Waals surface area contributed by atoms with Crippen LogP contribution in [0.25, 0.3) is 10.9 Å². The van der Waals surface area contributed by atoms with Gasteiger partial charge in [-0.2, -0.15) is 5.10 Å². The van der Waals surface area contributed by atoms with Crippen LogP contribution in [-0.4, -0.2) is 51.3 Å². The lowest BCUT2D eigenvalue weighted by Crippen LogP contribution is -2.52. The van der Waals surface area contributed by atoms with Crippen molar-refractivity contribution in [3.8, 4) is 5.75 Å². The van der Waals surface area contributed by atoms with Gasteiger partial charge in [0.15, 0.2) is 0 Å². The molecule has 0 aliphatic heterocycles. The maximum Gasteiger partial charge on any atom is 0.270 e. The molecule has 1 aromatic heterocycles. The summed E-state index contributed by atoms with van der Waals surface area (Å²) in [5, 5.41) is 26.4. The Labute approximate surface area is 140 Å². The number of fused-ring (bicyclic) bond motifs is 1. The zero-order valence-electron chi connectivity index (χ0n) is 14.0. The molecule has 24 heavy (non-hydrogen) atoms. The summed E-state index contributed by atoms with van der Waals surface area (Å²) in [7, 11) is 1.69. The highest BCUT2D eigenvalue weighted by atomic mass is 16.5. The molecule has 1 fully saturated rings. The van der Waals surface area contributed by atoms with Gasteiger partial charge >= 0.3 is 0 Å². The van der Waals surface area contributed by atoms with E-state index in [-0.39, 0.29) is 13.2 Å². The Balaban J connectivity index is 1.88. The second kappa shape index (κ2) is 6.41. The molecule has 1 aliphatic carbocycles. The van der Waals surface area contributed by atoms with E-state index in [0.717, 1.165) is 0 Å². The zero-order chi connectivity index (χ0) is 17.3. The van der Waals surface area contributed by atoms with Crippen molar-refractivity contribution < 1.29 is 19.7 Å². The number of aromatic nitrogens is 2. The summed E-state index contributed by atoms with van der Waals surface area (Å²) in [5.41, 5.74) is -0.0283. The van der Waals surface area contributed by atoms with Crippen LogP contribution in [0.4, 0.5) is 0 Å². The average molecular weight is 333 g/mol. The van der Waals surface area contributed by atoms with E-state index in [1.54, 1.807) is 14.0 Å². The normalized spacial score (nSPS) is 14.8. The van der Waals surface area contributed by atoms with Crippen LogP contribution in [-0.2, 0) is 7.05 Å². The van der Waals surface area contributed by atoms with E-state index >= 15 is 0 Å². The molecule has 0 bridgehead atoms. The quantitative estimate of drug-likeness (QED) is 0.697. The van der Waals surface area contributed by atoms with Crippen LogP contribution in [0.5, 0.6) is 5.75 Å². The van der Waals surface area contributed by atoms with Gasteiger partial charge in [0.25, 0.3) is 5.91 Å². The molecule has 7 nitrogen and oxygen atoms in total. The van der Waals surface area contributed by atoms with Crippen LogP contribution < -0.4 is 10.1 Å². The largest absolute Gasteiger partial charge is 0.493 e. The lowest BCUT2D eigenvalue weighted by atomic mass is 10.0. The number of nitrogens with one attached hydrogen (secondary N) is 1. The van der Waals surface area contributed by atoms with Crippen molar-refractivity contribution in [2.24, 2.45) is 13.0 Å². The smallest absolute Gasteiger partial charge is 0.270 e. The number of ether oxygens (including phenoxy) is 1. The molecule has 0 radical (unpaired) electrons. The second-order valence-electron chi connectivity index (χ2n) is 6.74. The highest BCUT2D eigenvalue weighted by Crippen LogP contribution is 2.30. The van der Waals surface area contributed by atoms with E-state index in [1.807, 2.05) is 18.2 Å². The van der Waals surface area contributed by atoms with E-state index in [4.69, 9.17) is 4.74 Å². The fourth-order valence-corrected chi connectivity index (χ4v) is 2.50. The summed E-state index contributed by atoms with van der Waals surface area (Å²) in [5.74, 6) is 0.959. The number of aryl methyl sites for hydroxylation is 1. The number of carbonyl (C=O) groups is 1. The SMILES string of the molecule is Cn1nc2ccc(OCC3CC3)cc2c1C(=O)NC(C)(CO)CO. The number of aliphatic hydroxyl groups excluding tert-OH is 2. The van der Waals surface area contributed by atoms with Gasteiger partial charge < -0.3 is 20.3 Å². The van der Waals surface area contributed by atoms with Crippen LogP contribution in [0.3, 0.4) is 0 Å². The number of hydrogen-bond donors (Lipinski definition) is 3. The summed E-state index contributed by atoms with van der Waals surface area (Å²) in [6.45, 7) is 1.55. The van der Waals surface area contributed by atoms with Gasteiger partial charge in [-0.25, -0.2) is 0 Å². The minimum Gasteiger partial charge on any atom is -0.493 e. The van der Waals surface area contributed by atoms with Crippen LogP contribution in [0.15, 0.2) is 18.2 Å². The Morgan fingerprint density at radius 3 is 2.75 bits per heavy atom. The van der Waals surface area contributed by atoms with Crippen molar-refractivity contribution in [3.63, 3.8) is 0 Å². The van der Waals surface area contributed by atoms with E-state index < -0.39 is 11.4 Å². The van der Waals surface area contributed by atoms with Gasteiger partial charge in [0.2, 0.25) is 0 Å². The minimum atomic E-state index is -1.09. The Bertz CT molecular complexity index is 748. The van der Waals surface area contributed by atoms with Gasteiger partial charge in [-0.1, -0.05) is 0 Å². The van der Waals surface area contributed by atoms with E-state index in [2.05, 4.69) is 10.4 Å². The zero-order valence-corrected chi connectivity index (χ0v) is 14.0. The van der Waals surface area contributed by atoms with Crippen molar-refractivity contribution in [3.05, 3.63) is 23.9 Å². The van der Waals surface area contributed by atoms with Crippen molar-refractivity contribution in [1.82, 2.24) is 15.1 Å². The fraction of sp³-hybridized carbons (Fsp3) is 0.529. The molecule has 0 unspecified atom stereocenters. The topological polar surface area (TPSA) is 96.6 Å². The number of aliphatic hydroxyl groups is 2. The van der Waals surface area contributed by atoms with Gasteiger partial charge in [-0.3, -0.25) is 9.48 Å². The summed E-state index contributed by atoms with van der Waals surface area (Å²) in [6, 6.07) is 5.49. The lowest BCUT2D eigenvalue weighted by molar-refractivity contribution is 0.0717. The summed E-state index contributed by atoms with van der Waals surface area (Å²) < 4.78 is 7.28. The van der Waals surface area contributed by atoms with Crippen molar-refractivity contribution in [2.45, 2.75) is 25.3 Å². The first kappa shape index (κ1) is 16.7.